The van der Waals surface area contributed by atoms with Crippen LogP contribution in [0.2, 0.25) is 0 Å². The van der Waals surface area contributed by atoms with Gasteiger partial charge in [-0.2, -0.15) is 0 Å². The third-order valence-electron chi connectivity index (χ3n) is 3.40. The van der Waals surface area contributed by atoms with E-state index in [9.17, 15) is 0 Å². The predicted molar refractivity (Wildman–Crippen MR) is 85.5 cm³/mol. The van der Waals surface area contributed by atoms with Crippen LogP contribution < -0.4 is 0 Å². The van der Waals surface area contributed by atoms with Crippen LogP contribution >= 0.6 is 0 Å². The smallest absolute Gasteiger partial charge is 0.107 e. The fourth-order valence-electron chi connectivity index (χ4n) is 2.31. The van der Waals surface area contributed by atoms with Crippen LogP contribution in [0.4, 0.5) is 0 Å². The lowest BCUT2D eigenvalue weighted by atomic mass is 10.3. The molecule has 0 radical (unpaired) electrons. The van der Waals surface area contributed by atoms with Gasteiger partial charge in [-0.3, -0.25) is 9.88 Å². The number of hydrogen-bond donors (Lipinski definition) is 0. The molecule has 0 aromatic carbocycles. The summed E-state index contributed by atoms with van der Waals surface area (Å²) in [5.74, 6) is 0. The molecule has 0 bridgehead atoms. The Morgan fingerprint density at radius 1 is 1.14 bits per heavy atom. The van der Waals surface area contributed by atoms with Crippen LogP contribution in [0.1, 0.15) is 26.0 Å². The van der Waals surface area contributed by atoms with Crippen molar-refractivity contribution >= 4 is 11.0 Å². The van der Waals surface area contributed by atoms with Crippen LogP contribution in [0, 0.1) is 6.92 Å². The summed E-state index contributed by atoms with van der Waals surface area (Å²) in [6.07, 6.45) is 5.00. The van der Waals surface area contributed by atoms with Gasteiger partial charge in [0.2, 0.25) is 0 Å². The fourth-order valence-corrected chi connectivity index (χ4v) is 2.31. The van der Waals surface area contributed by atoms with E-state index in [0.717, 1.165) is 50.6 Å². The van der Waals surface area contributed by atoms with Gasteiger partial charge in [0, 0.05) is 31.9 Å². The summed E-state index contributed by atoms with van der Waals surface area (Å²) in [4.78, 5) is 11.1. The second kappa shape index (κ2) is 8.10. The van der Waals surface area contributed by atoms with E-state index >= 15 is 0 Å². The first kappa shape index (κ1) is 15.9. The number of morpholine rings is 1. The molecule has 1 aliphatic heterocycles. The maximum Gasteiger partial charge on any atom is 0.107 e. The molecule has 0 N–H and O–H groups in total. The van der Waals surface area contributed by atoms with Crippen LogP contribution in [-0.2, 0) is 11.3 Å². The number of aromatic nitrogens is 3. The number of ether oxygens (including phenoxy) is 1. The number of pyridine rings is 1. The molecule has 3 heterocycles. The van der Waals surface area contributed by atoms with E-state index < -0.39 is 0 Å². The molecular formula is C16H26N4O. The number of fused-ring (bicyclic) bond motifs is 1. The molecule has 1 fully saturated rings. The number of hydrogen-bond acceptors (Lipinski definition) is 4. The van der Waals surface area contributed by atoms with E-state index in [1.807, 2.05) is 19.4 Å². The highest BCUT2D eigenvalue weighted by Crippen LogP contribution is 2.12. The Morgan fingerprint density at radius 2 is 1.86 bits per heavy atom. The van der Waals surface area contributed by atoms with Crippen LogP contribution in [0.25, 0.3) is 11.0 Å². The molecule has 0 saturated carbocycles. The Balaban J connectivity index is 0.000000497. The SMILES string of the molecule is CCC.Cc1cc2c(cn1)ncn2CCN1CCOCC1. The van der Waals surface area contributed by atoms with Gasteiger partial charge in [-0.15, -0.1) is 0 Å². The van der Waals surface area contributed by atoms with Gasteiger partial charge in [-0.25, -0.2) is 4.98 Å². The Morgan fingerprint density at radius 3 is 2.57 bits per heavy atom. The van der Waals surface area contributed by atoms with Crippen molar-refractivity contribution in [2.24, 2.45) is 0 Å². The van der Waals surface area contributed by atoms with Crippen molar-refractivity contribution in [3.8, 4) is 0 Å². The molecule has 5 nitrogen and oxygen atoms in total. The lowest BCUT2D eigenvalue weighted by Gasteiger charge is -2.26. The molecule has 5 heteroatoms. The third kappa shape index (κ3) is 4.51. The zero-order valence-electron chi connectivity index (χ0n) is 13.4. The molecule has 1 saturated heterocycles. The van der Waals surface area contributed by atoms with Gasteiger partial charge in [0.05, 0.1) is 31.3 Å². The first-order valence-electron chi connectivity index (χ1n) is 7.82. The van der Waals surface area contributed by atoms with Crippen molar-refractivity contribution in [2.45, 2.75) is 33.7 Å². The highest BCUT2D eigenvalue weighted by molar-refractivity contribution is 5.74. The quantitative estimate of drug-likeness (QED) is 0.871. The predicted octanol–water partition coefficient (Wildman–Crippen LogP) is 2.49. The first-order valence-corrected chi connectivity index (χ1v) is 7.82. The van der Waals surface area contributed by atoms with Crippen molar-refractivity contribution < 1.29 is 4.74 Å². The first-order chi connectivity index (χ1) is 10.2. The standard InChI is InChI=1S/C13H18N4O.C3H8/c1-11-8-13-12(9-14-11)15-10-17(13)3-2-16-4-6-18-7-5-16;1-3-2/h8-10H,2-7H2,1H3;3H2,1-2H3. The zero-order valence-corrected chi connectivity index (χ0v) is 13.4. The molecule has 1 aliphatic rings. The molecule has 21 heavy (non-hydrogen) atoms. The van der Waals surface area contributed by atoms with Crippen molar-refractivity contribution in [2.75, 3.05) is 32.8 Å². The lowest BCUT2D eigenvalue weighted by molar-refractivity contribution is 0.0365. The van der Waals surface area contributed by atoms with Gasteiger partial charge < -0.3 is 9.30 Å². The van der Waals surface area contributed by atoms with Crippen LogP contribution in [0.15, 0.2) is 18.6 Å². The maximum atomic E-state index is 5.35. The third-order valence-corrected chi connectivity index (χ3v) is 3.40. The molecule has 0 spiro atoms. The molecule has 2 aromatic heterocycles. The summed E-state index contributed by atoms with van der Waals surface area (Å²) in [5, 5.41) is 0. The van der Waals surface area contributed by atoms with Gasteiger partial charge in [0.15, 0.2) is 0 Å². The molecule has 2 aromatic rings. The largest absolute Gasteiger partial charge is 0.379 e. The normalized spacial score (nSPS) is 15.8. The Bertz CT molecular complexity index is 546. The Hall–Kier alpha value is -1.46. The van der Waals surface area contributed by atoms with E-state index in [1.165, 1.54) is 11.9 Å². The maximum absolute atomic E-state index is 5.35. The molecule has 0 atom stereocenters. The van der Waals surface area contributed by atoms with Gasteiger partial charge in [0.25, 0.3) is 0 Å². The van der Waals surface area contributed by atoms with Gasteiger partial charge >= 0.3 is 0 Å². The number of rotatable bonds is 3. The minimum atomic E-state index is 0.855. The summed E-state index contributed by atoms with van der Waals surface area (Å²) in [7, 11) is 0. The van der Waals surface area contributed by atoms with Crippen LogP contribution in [0.3, 0.4) is 0 Å². The van der Waals surface area contributed by atoms with E-state index in [0.29, 0.717) is 0 Å². The molecule has 3 rings (SSSR count). The Kier molecular flexibility index (Phi) is 6.14. The lowest BCUT2D eigenvalue weighted by Crippen LogP contribution is -2.38. The second-order valence-electron chi connectivity index (χ2n) is 5.41. The topological polar surface area (TPSA) is 43.2 Å². The monoisotopic (exact) mass is 290 g/mol. The van der Waals surface area contributed by atoms with E-state index in [-0.39, 0.29) is 0 Å². The van der Waals surface area contributed by atoms with Crippen molar-refractivity contribution in [3.63, 3.8) is 0 Å². The molecule has 0 amide bonds. The van der Waals surface area contributed by atoms with Crippen LogP contribution in [-0.4, -0.2) is 52.3 Å². The average Bonchev–Trinajstić information content (AvgIpc) is 2.89. The highest BCUT2D eigenvalue weighted by atomic mass is 16.5. The number of nitrogens with zero attached hydrogens (tertiary/aromatic N) is 4. The summed E-state index contributed by atoms with van der Waals surface area (Å²) in [6.45, 7) is 12.1. The zero-order chi connectivity index (χ0) is 15.1. The van der Waals surface area contributed by atoms with Crippen molar-refractivity contribution in [1.29, 1.82) is 0 Å². The van der Waals surface area contributed by atoms with E-state index in [1.54, 1.807) is 0 Å². The number of aryl methyl sites for hydroxylation is 1. The minimum absolute atomic E-state index is 0.855. The summed E-state index contributed by atoms with van der Waals surface area (Å²) in [6, 6.07) is 2.10. The molecule has 0 unspecified atom stereocenters. The second-order valence-corrected chi connectivity index (χ2v) is 5.41. The highest BCUT2D eigenvalue weighted by Gasteiger charge is 2.10. The molecular weight excluding hydrogens is 264 g/mol. The average molecular weight is 290 g/mol. The summed E-state index contributed by atoms with van der Waals surface area (Å²) in [5.41, 5.74) is 3.19. The molecule has 0 aliphatic carbocycles. The van der Waals surface area contributed by atoms with Crippen molar-refractivity contribution in [3.05, 3.63) is 24.3 Å². The van der Waals surface area contributed by atoms with Gasteiger partial charge in [0.1, 0.15) is 5.52 Å². The van der Waals surface area contributed by atoms with Gasteiger partial charge in [-0.05, 0) is 13.0 Å². The van der Waals surface area contributed by atoms with Gasteiger partial charge in [-0.1, -0.05) is 20.3 Å². The number of imidazole rings is 1. The van der Waals surface area contributed by atoms with Crippen LogP contribution in [0.5, 0.6) is 0 Å². The Labute approximate surface area is 126 Å². The summed E-state index contributed by atoms with van der Waals surface area (Å²) < 4.78 is 7.56. The fraction of sp³-hybridized carbons (Fsp3) is 0.625. The summed E-state index contributed by atoms with van der Waals surface area (Å²) >= 11 is 0. The van der Waals surface area contributed by atoms with E-state index in [2.05, 4.69) is 39.3 Å². The minimum Gasteiger partial charge on any atom is -0.379 e. The molecule has 116 valence electrons. The van der Waals surface area contributed by atoms with E-state index in [4.69, 9.17) is 4.74 Å². The van der Waals surface area contributed by atoms with Crippen molar-refractivity contribution in [1.82, 2.24) is 19.4 Å².